The van der Waals surface area contributed by atoms with Gasteiger partial charge in [0.1, 0.15) is 12.4 Å². The molecule has 0 saturated carbocycles. The average molecular weight is 395 g/mol. The first kappa shape index (κ1) is 17.9. The number of aromatic nitrogens is 3. The molecule has 0 bridgehead atoms. The van der Waals surface area contributed by atoms with Gasteiger partial charge >= 0.3 is 0 Å². The molecular weight excluding hydrogens is 379 g/mol. The molecular formula is C17H16Cl2N4OS. The van der Waals surface area contributed by atoms with E-state index in [1.54, 1.807) is 47.0 Å². The fraction of sp³-hybridized carbons (Fsp3) is 0.235. The number of amides is 1. The summed E-state index contributed by atoms with van der Waals surface area (Å²) in [6.45, 7) is 2.46. The van der Waals surface area contributed by atoms with E-state index in [1.165, 1.54) is 0 Å². The Morgan fingerprint density at radius 1 is 1.28 bits per heavy atom. The quantitative estimate of drug-likeness (QED) is 0.648. The van der Waals surface area contributed by atoms with Crippen LogP contribution in [0, 0.1) is 6.92 Å². The van der Waals surface area contributed by atoms with Crippen LogP contribution in [0.3, 0.4) is 0 Å². The first-order valence-corrected chi connectivity index (χ1v) is 9.26. The van der Waals surface area contributed by atoms with Gasteiger partial charge in [-0.3, -0.25) is 4.79 Å². The van der Waals surface area contributed by atoms with Gasteiger partial charge in [0.25, 0.3) is 0 Å². The number of thiophene rings is 1. The third-order valence-corrected chi connectivity index (χ3v) is 5.14. The van der Waals surface area contributed by atoms with Crippen LogP contribution in [-0.4, -0.2) is 32.6 Å². The molecule has 0 radical (unpaired) electrons. The normalized spacial score (nSPS) is 10.9. The lowest BCUT2D eigenvalue weighted by molar-refractivity contribution is -0.131. The first-order valence-electron chi connectivity index (χ1n) is 7.56. The van der Waals surface area contributed by atoms with Gasteiger partial charge in [0.05, 0.1) is 10.0 Å². The Kier molecular flexibility index (Phi) is 5.42. The van der Waals surface area contributed by atoms with Crippen LogP contribution < -0.4 is 0 Å². The van der Waals surface area contributed by atoms with Crippen LogP contribution in [0.1, 0.15) is 11.4 Å². The molecule has 5 nitrogen and oxygen atoms in total. The summed E-state index contributed by atoms with van der Waals surface area (Å²) >= 11 is 13.7. The first-order chi connectivity index (χ1) is 11.9. The molecule has 0 atom stereocenters. The van der Waals surface area contributed by atoms with Gasteiger partial charge in [-0.25, -0.2) is 9.67 Å². The zero-order chi connectivity index (χ0) is 18.0. The van der Waals surface area contributed by atoms with Gasteiger partial charge in [-0.05, 0) is 47.5 Å². The lowest BCUT2D eigenvalue weighted by Crippen LogP contribution is -2.30. The molecule has 0 fully saturated rings. The Bertz CT molecular complexity index is 892. The maximum absolute atomic E-state index is 12.5. The van der Waals surface area contributed by atoms with Crippen LogP contribution in [0.5, 0.6) is 0 Å². The largest absolute Gasteiger partial charge is 0.340 e. The minimum atomic E-state index is -0.0441. The Morgan fingerprint density at radius 2 is 2.08 bits per heavy atom. The SMILES string of the molecule is Cc1nc(-c2ccc(Cl)c(Cl)c2)n(CC(=O)N(C)Cc2ccsc2)n1. The van der Waals surface area contributed by atoms with Crippen LogP contribution >= 0.6 is 34.5 Å². The smallest absolute Gasteiger partial charge is 0.244 e. The molecule has 0 aliphatic carbocycles. The number of likely N-dealkylation sites (N-methyl/N-ethyl adjacent to an activating group) is 1. The molecule has 25 heavy (non-hydrogen) atoms. The van der Waals surface area contributed by atoms with Gasteiger partial charge in [0.15, 0.2) is 5.82 Å². The number of nitrogens with zero attached hydrogens (tertiary/aromatic N) is 4. The molecule has 0 aliphatic rings. The number of benzene rings is 1. The van der Waals surface area contributed by atoms with Crippen molar-refractivity contribution in [3.8, 4) is 11.4 Å². The zero-order valence-electron chi connectivity index (χ0n) is 13.7. The second-order valence-electron chi connectivity index (χ2n) is 5.65. The second kappa shape index (κ2) is 7.56. The van der Waals surface area contributed by atoms with Crippen molar-refractivity contribution in [2.24, 2.45) is 0 Å². The van der Waals surface area contributed by atoms with Crippen molar-refractivity contribution in [2.45, 2.75) is 20.0 Å². The van der Waals surface area contributed by atoms with Crippen LogP contribution in [-0.2, 0) is 17.9 Å². The predicted octanol–water partition coefficient (Wildman–Crippen LogP) is 4.28. The molecule has 0 saturated heterocycles. The van der Waals surface area contributed by atoms with E-state index in [9.17, 15) is 4.79 Å². The van der Waals surface area contributed by atoms with Gasteiger partial charge in [-0.15, -0.1) is 0 Å². The summed E-state index contributed by atoms with van der Waals surface area (Å²) in [5.41, 5.74) is 1.88. The highest BCUT2D eigenvalue weighted by molar-refractivity contribution is 7.07. The van der Waals surface area contributed by atoms with Crippen molar-refractivity contribution in [2.75, 3.05) is 7.05 Å². The minimum absolute atomic E-state index is 0.0441. The Morgan fingerprint density at radius 3 is 2.76 bits per heavy atom. The number of halogens is 2. The maximum Gasteiger partial charge on any atom is 0.244 e. The lowest BCUT2D eigenvalue weighted by Gasteiger charge is -2.17. The molecule has 1 aromatic carbocycles. The highest BCUT2D eigenvalue weighted by Gasteiger charge is 2.17. The highest BCUT2D eigenvalue weighted by Crippen LogP contribution is 2.27. The van der Waals surface area contributed by atoms with Gasteiger partial charge < -0.3 is 4.90 Å². The van der Waals surface area contributed by atoms with E-state index in [0.717, 1.165) is 11.1 Å². The molecule has 0 spiro atoms. The van der Waals surface area contributed by atoms with Gasteiger partial charge in [-0.2, -0.15) is 16.4 Å². The fourth-order valence-electron chi connectivity index (χ4n) is 2.41. The maximum atomic E-state index is 12.5. The van der Waals surface area contributed by atoms with E-state index < -0.39 is 0 Å². The van der Waals surface area contributed by atoms with Gasteiger partial charge in [-0.1, -0.05) is 23.2 Å². The van der Waals surface area contributed by atoms with E-state index in [4.69, 9.17) is 23.2 Å². The summed E-state index contributed by atoms with van der Waals surface area (Å²) in [5.74, 6) is 1.14. The van der Waals surface area contributed by atoms with Gasteiger partial charge in [0.2, 0.25) is 5.91 Å². The van der Waals surface area contributed by atoms with Crippen LogP contribution in [0.15, 0.2) is 35.0 Å². The van der Waals surface area contributed by atoms with E-state index >= 15 is 0 Å². The number of carbonyl (C=O) groups is 1. The molecule has 3 aromatic rings. The van der Waals surface area contributed by atoms with E-state index in [-0.39, 0.29) is 12.5 Å². The third kappa shape index (κ3) is 4.21. The molecule has 8 heteroatoms. The topological polar surface area (TPSA) is 51.0 Å². The molecule has 0 aliphatic heterocycles. The number of aryl methyl sites for hydroxylation is 1. The molecule has 0 N–H and O–H groups in total. The minimum Gasteiger partial charge on any atom is -0.340 e. The number of carbonyl (C=O) groups excluding carboxylic acids is 1. The zero-order valence-corrected chi connectivity index (χ0v) is 16.1. The van der Waals surface area contributed by atoms with Crippen LogP contribution in [0.25, 0.3) is 11.4 Å². The molecule has 1 amide bonds. The molecule has 2 heterocycles. The molecule has 2 aromatic heterocycles. The molecule has 3 rings (SSSR count). The van der Waals surface area contributed by atoms with Crippen molar-refractivity contribution in [1.29, 1.82) is 0 Å². The standard InChI is InChI=1S/C17H16Cl2N4OS/c1-11-20-17(13-3-4-14(18)15(19)7-13)23(21-11)9-16(24)22(2)8-12-5-6-25-10-12/h3-7,10H,8-9H2,1-2H3. The summed E-state index contributed by atoms with van der Waals surface area (Å²) in [5, 5.41) is 9.28. The Hall–Kier alpha value is -1.89. The number of hydrogen-bond acceptors (Lipinski definition) is 4. The van der Waals surface area contributed by atoms with Crippen molar-refractivity contribution in [3.63, 3.8) is 0 Å². The van der Waals surface area contributed by atoms with Crippen LogP contribution in [0.4, 0.5) is 0 Å². The summed E-state index contributed by atoms with van der Waals surface area (Å²) in [4.78, 5) is 18.6. The number of rotatable bonds is 5. The number of hydrogen-bond donors (Lipinski definition) is 0. The van der Waals surface area contributed by atoms with E-state index in [2.05, 4.69) is 10.1 Å². The van der Waals surface area contributed by atoms with Crippen molar-refractivity contribution >= 4 is 40.4 Å². The lowest BCUT2D eigenvalue weighted by atomic mass is 10.2. The van der Waals surface area contributed by atoms with Crippen molar-refractivity contribution < 1.29 is 4.79 Å². The third-order valence-electron chi connectivity index (χ3n) is 3.67. The summed E-state index contributed by atoms with van der Waals surface area (Å²) in [6, 6.07) is 7.25. The molecule has 0 unspecified atom stereocenters. The predicted molar refractivity (Wildman–Crippen MR) is 101 cm³/mol. The fourth-order valence-corrected chi connectivity index (χ4v) is 3.37. The Balaban J connectivity index is 1.80. The highest BCUT2D eigenvalue weighted by atomic mass is 35.5. The van der Waals surface area contributed by atoms with E-state index in [1.807, 2.05) is 22.9 Å². The molecule has 130 valence electrons. The average Bonchev–Trinajstić information content (AvgIpc) is 3.19. The monoisotopic (exact) mass is 394 g/mol. The second-order valence-corrected chi connectivity index (χ2v) is 7.24. The summed E-state index contributed by atoms with van der Waals surface area (Å²) in [6.07, 6.45) is 0. The van der Waals surface area contributed by atoms with Gasteiger partial charge in [0, 0.05) is 19.2 Å². The summed E-state index contributed by atoms with van der Waals surface area (Å²) < 4.78 is 1.60. The van der Waals surface area contributed by atoms with Crippen LogP contribution in [0.2, 0.25) is 10.0 Å². The van der Waals surface area contributed by atoms with Crippen molar-refractivity contribution in [1.82, 2.24) is 19.7 Å². The van der Waals surface area contributed by atoms with E-state index in [0.29, 0.717) is 28.2 Å². The Labute approximate surface area is 159 Å². The van der Waals surface area contributed by atoms with Crippen molar-refractivity contribution in [3.05, 3.63) is 56.5 Å². The summed E-state index contributed by atoms with van der Waals surface area (Å²) in [7, 11) is 1.78.